The molecule has 30 heavy (non-hydrogen) atoms. The zero-order valence-corrected chi connectivity index (χ0v) is 17.7. The topological polar surface area (TPSA) is 73.6 Å². The van der Waals surface area contributed by atoms with Gasteiger partial charge in [-0.15, -0.1) is 0 Å². The average molecular weight is 409 g/mol. The normalized spacial score (nSPS) is 22.0. The minimum atomic E-state index is -0.0335. The summed E-state index contributed by atoms with van der Waals surface area (Å²) in [6, 6.07) is 14.5. The van der Waals surface area contributed by atoms with Gasteiger partial charge in [-0.2, -0.15) is 0 Å². The van der Waals surface area contributed by atoms with Crippen molar-refractivity contribution in [3.8, 4) is 11.5 Å². The van der Waals surface area contributed by atoms with Gasteiger partial charge in [0.1, 0.15) is 0 Å². The molecule has 0 spiro atoms. The van der Waals surface area contributed by atoms with Crippen LogP contribution in [0.5, 0.6) is 11.5 Å². The minimum Gasteiger partial charge on any atom is -0.493 e. The Kier molecular flexibility index (Phi) is 6.58. The maximum absolute atomic E-state index is 12.5. The molecule has 1 aliphatic carbocycles. The van der Waals surface area contributed by atoms with Crippen molar-refractivity contribution in [3.63, 3.8) is 0 Å². The highest BCUT2D eigenvalue weighted by Crippen LogP contribution is 2.37. The molecule has 2 aliphatic rings. The van der Waals surface area contributed by atoms with Crippen LogP contribution in [0.25, 0.3) is 0 Å². The van der Waals surface area contributed by atoms with E-state index in [1.807, 2.05) is 18.2 Å². The van der Waals surface area contributed by atoms with Gasteiger partial charge in [-0.05, 0) is 67.3 Å². The maximum atomic E-state index is 12.5. The van der Waals surface area contributed by atoms with Crippen LogP contribution in [0.1, 0.15) is 54.7 Å². The summed E-state index contributed by atoms with van der Waals surface area (Å²) in [5, 5.41) is 3.11. The van der Waals surface area contributed by atoms with E-state index >= 15 is 0 Å². The number of piperidine rings is 1. The van der Waals surface area contributed by atoms with Crippen LogP contribution in [0.15, 0.2) is 42.5 Å². The van der Waals surface area contributed by atoms with E-state index in [9.17, 15) is 4.79 Å². The Morgan fingerprint density at radius 1 is 1.03 bits per heavy atom. The number of benzene rings is 2. The zero-order valence-electron chi connectivity index (χ0n) is 17.7. The Morgan fingerprint density at radius 2 is 1.77 bits per heavy atom. The van der Waals surface area contributed by atoms with Crippen LogP contribution >= 0.6 is 0 Å². The smallest absolute Gasteiger partial charge is 0.223 e. The zero-order chi connectivity index (χ0) is 20.9. The monoisotopic (exact) mass is 408 g/mol. The number of nitrogens with one attached hydrogen (secondary N) is 1. The third-order valence-corrected chi connectivity index (χ3v) is 6.46. The number of rotatable bonds is 7. The van der Waals surface area contributed by atoms with Crippen LogP contribution < -0.4 is 20.5 Å². The van der Waals surface area contributed by atoms with Crippen molar-refractivity contribution < 1.29 is 14.3 Å². The number of carbonyl (C=O) groups excluding carboxylic acids is 1. The van der Waals surface area contributed by atoms with Crippen LogP contribution in [0.4, 0.5) is 0 Å². The van der Waals surface area contributed by atoms with Crippen LogP contribution in [0, 0.1) is 5.92 Å². The fourth-order valence-corrected chi connectivity index (χ4v) is 4.65. The summed E-state index contributed by atoms with van der Waals surface area (Å²) in [4.78, 5) is 12.5. The van der Waals surface area contributed by atoms with Crippen molar-refractivity contribution >= 4 is 5.91 Å². The summed E-state index contributed by atoms with van der Waals surface area (Å²) < 4.78 is 11.8. The van der Waals surface area contributed by atoms with Gasteiger partial charge < -0.3 is 20.5 Å². The molecule has 3 N–H and O–H groups in total. The molecule has 2 aromatic rings. The van der Waals surface area contributed by atoms with E-state index in [1.54, 1.807) is 7.11 Å². The van der Waals surface area contributed by atoms with E-state index in [-0.39, 0.29) is 23.8 Å². The highest BCUT2D eigenvalue weighted by molar-refractivity contribution is 5.80. The SMILES string of the molecule is COc1ccc([C@H]2CNC(=O)[C@@H](Cc3ccc(CN)cc3)C2)cc1OC1CCCC1. The van der Waals surface area contributed by atoms with Gasteiger partial charge in [-0.25, -0.2) is 0 Å². The highest BCUT2D eigenvalue weighted by atomic mass is 16.5. The Labute approximate surface area is 178 Å². The molecule has 2 fully saturated rings. The first kappa shape index (κ1) is 20.7. The molecular weight excluding hydrogens is 376 g/mol. The van der Waals surface area contributed by atoms with Gasteiger partial charge in [0.15, 0.2) is 11.5 Å². The lowest BCUT2D eigenvalue weighted by molar-refractivity contribution is -0.126. The lowest BCUT2D eigenvalue weighted by Crippen LogP contribution is -2.41. The summed E-state index contributed by atoms with van der Waals surface area (Å²) >= 11 is 0. The first-order valence-electron chi connectivity index (χ1n) is 11.1. The van der Waals surface area contributed by atoms with Crippen LogP contribution in [-0.4, -0.2) is 25.7 Å². The van der Waals surface area contributed by atoms with Crippen molar-refractivity contribution in [2.45, 2.75) is 57.1 Å². The summed E-state index contributed by atoms with van der Waals surface area (Å²) in [6.45, 7) is 1.20. The molecule has 1 saturated carbocycles. The Balaban J connectivity index is 1.48. The molecule has 0 unspecified atom stereocenters. The number of hydrogen-bond donors (Lipinski definition) is 2. The number of ether oxygens (including phenoxy) is 2. The molecule has 5 heteroatoms. The van der Waals surface area contributed by atoms with Crippen molar-refractivity contribution in [1.82, 2.24) is 5.32 Å². The summed E-state index contributed by atoms with van der Waals surface area (Å²) in [6.07, 6.45) is 6.54. The predicted octanol–water partition coefficient (Wildman–Crippen LogP) is 3.94. The first-order valence-corrected chi connectivity index (χ1v) is 11.1. The molecule has 1 saturated heterocycles. The average Bonchev–Trinajstić information content (AvgIpc) is 3.29. The van der Waals surface area contributed by atoms with Crippen molar-refractivity contribution in [2.24, 2.45) is 11.7 Å². The molecule has 0 bridgehead atoms. The Hall–Kier alpha value is -2.53. The molecule has 2 aromatic carbocycles. The first-order chi connectivity index (χ1) is 14.7. The van der Waals surface area contributed by atoms with Gasteiger partial charge >= 0.3 is 0 Å². The summed E-state index contributed by atoms with van der Waals surface area (Å²) in [5.74, 6) is 1.99. The van der Waals surface area contributed by atoms with Gasteiger partial charge in [-0.1, -0.05) is 30.3 Å². The Morgan fingerprint density at radius 3 is 2.47 bits per heavy atom. The van der Waals surface area contributed by atoms with E-state index in [4.69, 9.17) is 15.2 Å². The maximum Gasteiger partial charge on any atom is 0.223 e. The van der Waals surface area contributed by atoms with Crippen molar-refractivity contribution in [3.05, 3.63) is 59.2 Å². The quantitative estimate of drug-likeness (QED) is 0.728. The molecule has 4 rings (SSSR count). The molecule has 1 amide bonds. The van der Waals surface area contributed by atoms with Gasteiger partial charge in [0.2, 0.25) is 5.91 Å². The highest BCUT2D eigenvalue weighted by Gasteiger charge is 2.30. The second-order valence-electron chi connectivity index (χ2n) is 8.53. The van der Waals surface area contributed by atoms with Crippen LogP contribution in [0.2, 0.25) is 0 Å². The lowest BCUT2D eigenvalue weighted by atomic mass is 9.82. The Bertz CT molecular complexity index is 859. The largest absolute Gasteiger partial charge is 0.493 e. The molecule has 1 heterocycles. The number of nitrogens with two attached hydrogens (primary N) is 1. The fraction of sp³-hybridized carbons (Fsp3) is 0.480. The molecule has 160 valence electrons. The second-order valence-corrected chi connectivity index (χ2v) is 8.53. The molecular formula is C25H32N2O3. The molecule has 0 radical (unpaired) electrons. The van der Waals surface area contributed by atoms with Crippen molar-refractivity contribution in [2.75, 3.05) is 13.7 Å². The summed E-state index contributed by atoms with van der Waals surface area (Å²) in [7, 11) is 1.68. The number of hydrogen-bond acceptors (Lipinski definition) is 4. The third-order valence-electron chi connectivity index (χ3n) is 6.46. The standard InChI is InChI=1S/C25H32N2O3/c1-29-23-11-10-19(14-24(23)30-22-4-2-3-5-22)21-13-20(25(28)27-16-21)12-17-6-8-18(15-26)9-7-17/h6-11,14,20-22H,2-5,12-13,15-16,26H2,1H3,(H,27,28)/t20-,21+/m0/s1. The van der Waals surface area contributed by atoms with E-state index < -0.39 is 0 Å². The van der Waals surface area contributed by atoms with E-state index in [2.05, 4.69) is 29.6 Å². The fourth-order valence-electron chi connectivity index (χ4n) is 4.65. The number of carbonyl (C=O) groups is 1. The lowest BCUT2D eigenvalue weighted by Gasteiger charge is -2.30. The number of methoxy groups -OCH3 is 1. The summed E-state index contributed by atoms with van der Waals surface area (Å²) in [5.41, 5.74) is 9.17. The molecule has 5 nitrogen and oxygen atoms in total. The van der Waals surface area contributed by atoms with Crippen LogP contribution in [-0.2, 0) is 17.8 Å². The molecule has 1 aliphatic heterocycles. The van der Waals surface area contributed by atoms with E-state index in [0.717, 1.165) is 42.7 Å². The molecule has 2 atom stereocenters. The number of amides is 1. The van der Waals surface area contributed by atoms with Crippen molar-refractivity contribution in [1.29, 1.82) is 0 Å². The van der Waals surface area contributed by atoms with Gasteiger partial charge in [-0.3, -0.25) is 4.79 Å². The predicted molar refractivity (Wildman–Crippen MR) is 118 cm³/mol. The van der Waals surface area contributed by atoms with E-state index in [1.165, 1.54) is 24.0 Å². The van der Waals surface area contributed by atoms with Crippen LogP contribution in [0.3, 0.4) is 0 Å². The van der Waals surface area contributed by atoms with Gasteiger partial charge in [0, 0.05) is 24.9 Å². The third kappa shape index (κ3) is 4.78. The molecule has 0 aromatic heterocycles. The van der Waals surface area contributed by atoms with Gasteiger partial charge in [0.25, 0.3) is 0 Å². The van der Waals surface area contributed by atoms with E-state index in [0.29, 0.717) is 13.1 Å². The second kappa shape index (κ2) is 9.52. The van der Waals surface area contributed by atoms with Gasteiger partial charge in [0.05, 0.1) is 13.2 Å². The minimum absolute atomic E-state index is 0.0335.